The van der Waals surface area contributed by atoms with Crippen molar-refractivity contribution in [3.05, 3.63) is 53.2 Å². The minimum Gasteiger partial charge on any atom is -0.298 e. The summed E-state index contributed by atoms with van der Waals surface area (Å²) in [6.45, 7) is 2.03. The zero-order valence-electron chi connectivity index (χ0n) is 10.3. The standard InChI is InChI=1S/C14H11N3OS/c1-10-5-6-12(19-10)14-11(9-18)8-17(16-14)13-4-2-3-7-15-13/h2-9H,1H3. The van der Waals surface area contributed by atoms with Crippen LogP contribution in [-0.2, 0) is 0 Å². The molecule has 3 heterocycles. The number of rotatable bonds is 3. The van der Waals surface area contributed by atoms with Crippen LogP contribution in [0.5, 0.6) is 0 Å². The molecular weight excluding hydrogens is 258 g/mol. The Balaban J connectivity index is 2.11. The predicted octanol–water partition coefficient (Wildman–Crippen LogP) is 3.12. The number of nitrogens with zero attached hydrogens (tertiary/aromatic N) is 3. The minimum atomic E-state index is 0.576. The normalized spacial score (nSPS) is 10.6. The highest BCUT2D eigenvalue weighted by molar-refractivity contribution is 7.15. The van der Waals surface area contributed by atoms with Crippen molar-refractivity contribution in [3.63, 3.8) is 0 Å². The van der Waals surface area contributed by atoms with Crippen LogP contribution in [0.25, 0.3) is 16.4 Å². The second-order valence-corrected chi connectivity index (χ2v) is 5.38. The van der Waals surface area contributed by atoms with Crippen molar-refractivity contribution in [1.82, 2.24) is 14.8 Å². The van der Waals surface area contributed by atoms with Crippen LogP contribution in [-0.4, -0.2) is 21.1 Å². The van der Waals surface area contributed by atoms with E-state index in [0.29, 0.717) is 17.1 Å². The van der Waals surface area contributed by atoms with Gasteiger partial charge in [-0.1, -0.05) is 6.07 Å². The summed E-state index contributed by atoms with van der Waals surface area (Å²) < 4.78 is 1.63. The molecule has 0 N–H and O–H groups in total. The Morgan fingerprint density at radius 1 is 1.26 bits per heavy atom. The minimum absolute atomic E-state index is 0.576. The summed E-state index contributed by atoms with van der Waals surface area (Å²) >= 11 is 1.62. The van der Waals surface area contributed by atoms with Gasteiger partial charge in [0.2, 0.25) is 0 Å². The van der Waals surface area contributed by atoms with Gasteiger partial charge >= 0.3 is 0 Å². The molecule has 3 aromatic heterocycles. The molecule has 0 spiro atoms. The predicted molar refractivity (Wildman–Crippen MR) is 74.8 cm³/mol. The van der Waals surface area contributed by atoms with E-state index in [9.17, 15) is 4.79 Å². The van der Waals surface area contributed by atoms with E-state index < -0.39 is 0 Å². The number of carbonyl (C=O) groups is 1. The third kappa shape index (κ3) is 2.20. The SMILES string of the molecule is Cc1ccc(-c2nn(-c3ccccn3)cc2C=O)s1. The lowest BCUT2D eigenvalue weighted by molar-refractivity contribution is 0.112. The first-order valence-electron chi connectivity index (χ1n) is 5.81. The zero-order valence-corrected chi connectivity index (χ0v) is 11.1. The summed E-state index contributed by atoms with van der Waals surface area (Å²) in [5.74, 6) is 0.699. The molecule has 4 nitrogen and oxygen atoms in total. The highest BCUT2D eigenvalue weighted by atomic mass is 32.1. The molecule has 3 rings (SSSR count). The first-order valence-corrected chi connectivity index (χ1v) is 6.62. The second-order valence-electron chi connectivity index (χ2n) is 4.09. The van der Waals surface area contributed by atoms with Gasteiger partial charge in [0.1, 0.15) is 5.69 Å². The Morgan fingerprint density at radius 2 is 2.16 bits per heavy atom. The largest absolute Gasteiger partial charge is 0.298 e. The fourth-order valence-electron chi connectivity index (χ4n) is 1.83. The van der Waals surface area contributed by atoms with Crippen LogP contribution in [0, 0.1) is 6.92 Å². The molecule has 0 radical (unpaired) electrons. The molecule has 0 aliphatic heterocycles. The van der Waals surface area contributed by atoms with E-state index in [2.05, 4.69) is 10.1 Å². The van der Waals surface area contributed by atoms with Gasteiger partial charge in [0, 0.05) is 17.3 Å². The van der Waals surface area contributed by atoms with Gasteiger partial charge < -0.3 is 0 Å². The number of hydrogen-bond donors (Lipinski definition) is 0. The molecule has 0 aliphatic rings. The first kappa shape index (κ1) is 11.8. The Bertz CT molecular complexity index is 715. The summed E-state index contributed by atoms with van der Waals surface area (Å²) in [5, 5.41) is 4.47. The number of carbonyl (C=O) groups excluding carboxylic acids is 1. The number of aldehydes is 1. The van der Waals surface area contributed by atoms with Crippen LogP contribution in [0.15, 0.2) is 42.7 Å². The Labute approximate surface area is 114 Å². The van der Waals surface area contributed by atoms with Crippen molar-refractivity contribution < 1.29 is 4.79 Å². The fraction of sp³-hybridized carbons (Fsp3) is 0.0714. The monoisotopic (exact) mass is 269 g/mol. The third-order valence-corrected chi connectivity index (χ3v) is 3.73. The van der Waals surface area contributed by atoms with E-state index in [-0.39, 0.29) is 0 Å². The van der Waals surface area contributed by atoms with Gasteiger partial charge in [-0.05, 0) is 31.2 Å². The molecule has 5 heteroatoms. The summed E-state index contributed by atoms with van der Waals surface area (Å²) in [5.41, 5.74) is 1.28. The van der Waals surface area contributed by atoms with Gasteiger partial charge in [-0.3, -0.25) is 4.79 Å². The van der Waals surface area contributed by atoms with Crippen molar-refractivity contribution in [2.75, 3.05) is 0 Å². The molecule has 0 aromatic carbocycles. The molecule has 0 unspecified atom stereocenters. The molecule has 0 fully saturated rings. The second kappa shape index (κ2) is 4.78. The van der Waals surface area contributed by atoms with Crippen molar-refractivity contribution in [3.8, 4) is 16.4 Å². The molecular formula is C14H11N3OS. The molecule has 0 saturated carbocycles. The van der Waals surface area contributed by atoms with Crippen LogP contribution < -0.4 is 0 Å². The van der Waals surface area contributed by atoms with Gasteiger partial charge in [-0.15, -0.1) is 11.3 Å². The maximum atomic E-state index is 11.2. The molecule has 94 valence electrons. The maximum absolute atomic E-state index is 11.2. The highest BCUT2D eigenvalue weighted by Crippen LogP contribution is 2.28. The fourth-order valence-corrected chi connectivity index (χ4v) is 2.71. The smallest absolute Gasteiger partial charge is 0.153 e. The van der Waals surface area contributed by atoms with E-state index in [1.165, 1.54) is 4.88 Å². The average molecular weight is 269 g/mol. The third-order valence-electron chi connectivity index (χ3n) is 2.73. The molecule has 19 heavy (non-hydrogen) atoms. The van der Waals surface area contributed by atoms with Crippen LogP contribution in [0.3, 0.4) is 0 Å². The van der Waals surface area contributed by atoms with Gasteiger partial charge in [0.15, 0.2) is 12.1 Å². The Kier molecular flexibility index (Phi) is 2.97. The summed E-state index contributed by atoms with van der Waals surface area (Å²) in [7, 11) is 0. The number of aryl methyl sites for hydroxylation is 1. The molecule has 3 aromatic rings. The first-order chi connectivity index (χ1) is 9.28. The Morgan fingerprint density at radius 3 is 2.79 bits per heavy atom. The van der Waals surface area contributed by atoms with Gasteiger partial charge in [-0.25, -0.2) is 9.67 Å². The van der Waals surface area contributed by atoms with Crippen LogP contribution in [0.2, 0.25) is 0 Å². The lowest BCUT2D eigenvalue weighted by Gasteiger charge is -1.97. The molecule has 0 saturated heterocycles. The van der Waals surface area contributed by atoms with Gasteiger partial charge in [-0.2, -0.15) is 5.10 Å². The number of pyridine rings is 1. The lowest BCUT2D eigenvalue weighted by Crippen LogP contribution is -1.96. The maximum Gasteiger partial charge on any atom is 0.153 e. The van der Waals surface area contributed by atoms with E-state index >= 15 is 0 Å². The van der Waals surface area contributed by atoms with E-state index in [0.717, 1.165) is 11.2 Å². The average Bonchev–Trinajstić information content (AvgIpc) is 3.05. The van der Waals surface area contributed by atoms with E-state index in [4.69, 9.17) is 0 Å². The van der Waals surface area contributed by atoms with Crippen molar-refractivity contribution in [2.45, 2.75) is 6.92 Å². The van der Waals surface area contributed by atoms with Crippen molar-refractivity contribution in [2.24, 2.45) is 0 Å². The summed E-state index contributed by atoms with van der Waals surface area (Å²) in [6.07, 6.45) is 4.24. The highest BCUT2D eigenvalue weighted by Gasteiger charge is 2.13. The van der Waals surface area contributed by atoms with Crippen LogP contribution >= 0.6 is 11.3 Å². The van der Waals surface area contributed by atoms with Crippen LogP contribution in [0.4, 0.5) is 0 Å². The molecule has 0 amide bonds. The number of aromatic nitrogens is 3. The zero-order chi connectivity index (χ0) is 13.2. The van der Waals surface area contributed by atoms with Crippen LogP contribution in [0.1, 0.15) is 15.2 Å². The quantitative estimate of drug-likeness (QED) is 0.686. The topological polar surface area (TPSA) is 47.8 Å². The number of hydrogen-bond acceptors (Lipinski definition) is 4. The Hall–Kier alpha value is -2.27. The number of thiophene rings is 1. The van der Waals surface area contributed by atoms with Gasteiger partial charge in [0.05, 0.1) is 10.4 Å². The molecule has 0 atom stereocenters. The molecule has 0 bridgehead atoms. The van der Waals surface area contributed by atoms with E-state index in [1.807, 2.05) is 37.3 Å². The molecule has 0 aliphatic carbocycles. The van der Waals surface area contributed by atoms with Crippen molar-refractivity contribution in [1.29, 1.82) is 0 Å². The summed E-state index contributed by atoms with van der Waals surface area (Å²) in [6, 6.07) is 9.59. The van der Waals surface area contributed by atoms with E-state index in [1.54, 1.807) is 28.4 Å². The lowest BCUT2D eigenvalue weighted by atomic mass is 10.2. The van der Waals surface area contributed by atoms with Crippen molar-refractivity contribution >= 4 is 17.6 Å². The van der Waals surface area contributed by atoms with Gasteiger partial charge in [0.25, 0.3) is 0 Å². The summed E-state index contributed by atoms with van der Waals surface area (Å²) in [4.78, 5) is 17.6.